The van der Waals surface area contributed by atoms with E-state index in [0.29, 0.717) is 27.6 Å². The molecule has 1 heterocycles. The molecular weight excluding hydrogens is 384 g/mol. The number of amides is 3. The van der Waals surface area contributed by atoms with Crippen LogP contribution < -0.4 is 20.1 Å². The minimum atomic E-state index is -0.849. The molecule has 8 nitrogen and oxygen atoms in total. The number of rotatable bonds is 5. The smallest absolute Gasteiger partial charge is 0.413 e. The summed E-state index contributed by atoms with van der Waals surface area (Å²) in [5, 5.41) is 5.35. The van der Waals surface area contributed by atoms with E-state index in [9.17, 15) is 14.4 Å². The van der Waals surface area contributed by atoms with Gasteiger partial charge in [-0.15, -0.1) is 11.3 Å². The summed E-state index contributed by atoms with van der Waals surface area (Å²) >= 11 is 1.35. The van der Waals surface area contributed by atoms with Crippen LogP contribution in [0.25, 0.3) is 0 Å². The third kappa shape index (κ3) is 3.94. The van der Waals surface area contributed by atoms with Crippen LogP contribution in [0.1, 0.15) is 37.6 Å². The monoisotopic (exact) mass is 404 g/mol. The maximum Gasteiger partial charge on any atom is 0.413 e. The summed E-state index contributed by atoms with van der Waals surface area (Å²) < 4.78 is 14.9. The van der Waals surface area contributed by atoms with Gasteiger partial charge in [-0.1, -0.05) is 0 Å². The Balaban J connectivity index is 1.91. The number of carbonyl (C=O) groups is 3. The van der Waals surface area contributed by atoms with E-state index >= 15 is 0 Å². The third-order valence-corrected chi connectivity index (χ3v) is 5.60. The summed E-state index contributed by atoms with van der Waals surface area (Å²) in [6.07, 6.45) is 1.64. The molecule has 0 bridgehead atoms. The first-order valence-electron chi connectivity index (χ1n) is 8.55. The van der Waals surface area contributed by atoms with Gasteiger partial charge in [0.25, 0.3) is 11.8 Å². The van der Waals surface area contributed by atoms with Crippen LogP contribution in [0.3, 0.4) is 0 Å². The molecule has 0 fully saturated rings. The molecule has 1 aliphatic rings. The lowest BCUT2D eigenvalue weighted by Crippen LogP contribution is -2.31. The lowest BCUT2D eigenvalue weighted by molar-refractivity contribution is 0.0937. The summed E-state index contributed by atoms with van der Waals surface area (Å²) in [6.45, 7) is 0. The van der Waals surface area contributed by atoms with Crippen LogP contribution in [0.15, 0.2) is 18.2 Å². The maximum atomic E-state index is 12.8. The van der Waals surface area contributed by atoms with Gasteiger partial charge in [0, 0.05) is 16.5 Å². The third-order valence-electron chi connectivity index (χ3n) is 4.39. The Hall–Kier alpha value is -3.07. The molecule has 0 saturated heterocycles. The van der Waals surface area contributed by atoms with E-state index in [4.69, 9.17) is 9.47 Å². The van der Waals surface area contributed by atoms with Crippen LogP contribution in [0, 0.1) is 0 Å². The predicted octanol–water partition coefficient (Wildman–Crippen LogP) is 3.00. The van der Waals surface area contributed by atoms with Crippen molar-refractivity contribution in [3.8, 4) is 11.5 Å². The van der Waals surface area contributed by atoms with Gasteiger partial charge >= 0.3 is 6.09 Å². The highest BCUT2D eigenvalue weighted by atomic mass is 32.1. The molecule has 2 N–H and O–H groups in total. The van der Waals surface area contributed by atoms with Crippen molar-refractivity contribution in [1.82, 2.24) is 5.32 Å². The molecule has 1 aromatic carbocycles. The van der Waals surface area contributed by atoms with Crippen molar-refractivity contribution in [2.75, 3.05) is 26.6 Å². The van der Waals surface area contributed by atoms with Crippen molar-refractivity contribution in [1.29, 1.82) is 0 Å². The Bertz CT molecular complexity index is 914. The van der Waals surface area contributed by atoms with E-state index in [-0.39, 0.29) is 0 Å². The highest BCUT2D eigenvalue weighted by Crippen LogP contribution is 2.39. The minimum Gasteiger partial charge on any atom is -0.497 e. The number of anilines is 1. The fraction of sp³-hybridized carbons (Fsp3) is 0.316. The zero-order valence-corrected chi connectivity index (χ0v) is 16.5. The lowest BCUT2D eigenvalue weighted by atomic mass is 10.1. The molecule has 0 unspecified atom stereocenters. The van der Waals surface area contributed by atoms with Gasteiger partial charge in [0.1, 0.15) is 16.5 Å². The molecule has 3 rings (SSSR count). The van der Waals surface area contributed by atoms with Gasteiger partial charge in [-0.05, 0) is 37.0 Å². The summed E-state index contributed by atoms with van der Waals surface area (Å²) in [5.74, 6) is -0.0577. The Morgan fingerprint density at radius 3 is 2.25 bits per heavy atom. The number of ether oxygens (including phenoxy) is 3. The van der Waals surface area contributed by atoms with Gasteiger partial charge in [-0.25, -0.2) is 4.79 Å². The number of alkyl carbamates (subject to hydrolysis) is 1. The van der Waals surface area contributed by atoms with E-state index in [1.807, 2.05) is 0 Å². The number of hydrogen-bond acceptors (Lipinski definition) is 7. The predicted molar refractivity (Wildman–Crippen MR) is 104 cm³/mol. The highest BCUT2D eigenvalue weighted by molar-refractivity contribution is 7.17. The fourth-order valence-electron chi connectivity index (χ4n) is 3.05. The van der Waals surface area contributed by atoms with Gasteiger partial charge in [0.15, 0.2) is 0 Å². The molecular formula is C19H20N2O6S. The van der Waals surface area contributed by atoms with Gasteiger partial charge in [-0.2, -0.15) is 0 Å². The van der Waals surface area contributed by atoms with Gasteiger partial charge < -0.3 is 19.5 Å². The first kappa shape index (κ1) is 19.7. The second-order valence-electron chi connectivity index (χ2n) is 6.06. The quantitative estimate of drug-likeness (QED) is 0.794. The zero-order chi connectivity index (χ0) is 20.3. The number of methoxy groups -OCH3 is 3. The van der Waals surface area contributed by atoms with E-state index < -0.39 is 17.9 Å². The molecule has 0 saturated carbocycles. The highest BCUT2D eigenvalue weighted by Gasteiger charge is 2.28. The van der Waals surface area contributed by atoms with Crippen LogP contribution in [0.5, 0.6) is 11.5 Å². The Morgan fingerprint density at radius 2 is 1.64 bits per heavy atom. The van der Waals surface area contributed by atoms with Crippen molar-refractivity contribution in [3.63, 3.8) is 0 Å². The molecule has 2 aromatic rings. The molecule has 0 aliphatic heterocycles. The van der Waals surface area contributed by atoms with Gasteiger partial charge in [-0.3, -0.25) is 14.9 Å². The molecule has 1 aliphatic carbocycles. The Kier molecular flexibility index (Phi) is 5.84. The molecule has 9 heteroatoms. The summed E-state index contributed by atoms with van der Waals surface area (Å²) in [6, 6.07) is 4.81. The fourth-order valence-corrected chi connectivity index (χ4v) is 4.33. The van der Waals surface area contributed by atoms with Gasteiger partial charge in [0.2, 0.25) is 0 Å². The van der Waals surface area contributed by atoms with E-state index in [1.54, 1.807) is 18.2 Å². The van der Waals surface area contributed by atoms with Crippen molar-refractivity contribution in [3.05, 3.63) is 39.8 Å². The molecule has 28 heavy (non-hydrogen) atoms. The first-order valence-corrected chi connectivity index (χ1v) is 9.36. The van der Waals surface area contributed by atoms with Crippen molar-refractivity contribution >= 4 is 34.2 Å². The van der Waals surface area contributed by atoms with Crippen LogP contribution >= 0.6 is 11.3 Å². The first-order chi connectivity index (χ1) is 13.5. The minimum absolute atomic E-state index is 0.311. The van der Waals surface area contributed by atoms with E-state index in [0.717, 1.165) is 29.7 Å². The van der Waals surface area contributed by atoms with Crippen molar-refractivity contribution in [2.24, 2.45) is 0 Å². The molecule has 3 amide bonds. The summed E-state index contributed by atoms with van der Waals surface area (Å²) in [5.41, 5.74) is 1.50. The molecule has 0 atom stereocenters. The van der Waals surface area contributed by atoms with Crippen LogP contribution in [0.4, 0.5) is 9.80 Å². The van der Waals surface area contributed by atoms with Crippen molar-refractivity contribution in [2.45, 2.75) is 19.3 Å². The molecule has 1 aromatic heterocycles. The normalized spacial score (nSPS) is 12.1. The van der Waals surface area contributed by atoms with Gasteiger partial charge in [0.05, 0.1) is 26.9 Å². The Morgan fingerprint density at radius 1 is 0.964 bits per heavy atom. The largest absolute Gasteiger partial charge is 0.497 e. The number of fused-ring (bicyclic) bond motifs is 1. The van der Waals surface area contributed by atoms with Crippen LogP contribution in [-0.2, 0) is 17.6 Å². The van der Waals surface area contributed by atoms with E-state index in [2.05, 4.69) is 15.4 Å². The summed E-state index contributed by atoms with van der Waals surface area (Å²) in [7, 11) is 4.17. The topological polar surface area (TPSA) is 103 Å². The van der Waals surface area contributed by atoms with Crippen molar-refractivity contribution < 1.29 is 28.6 Å². The number of carbonyl (C=O) groups excluding carboxylic acids is 3. The number of thiophene rings is 1. The number of hydrogen-bond donors (Lipinski definition) is 2. The molecule has 0 spiro atoms. The molecule has 148 valence electrons. The average Bonchev–Trinajstić information content (AvgIpc) is 3.27. The summed E-state index contributed by atoms with van der Waals surface area (Å²) in [4.78, 5) is 37.9. The lowest BCUT2D eigenvalue weighted by Gasteiger charge is -2.10. The zero-order valence-electron chi connectivity index (χ0n) is 15.7. The van der Waals surface area contributed by atoms with Crippen LogP contribution in [0.2, 0.25) is 0 Å². The second-order valence-corrected chi connectivity index (χ2v) is 7.17. The van der Waals surface area contributed by atoms with E-state index in [1.165, 1.54) is 32.7 Å². The number of benzene rings is 1. The standard InChI is InChI=1S/C19H20N2O6S/c1-25-11-7-10(8-12(9-11)26-2)16(22)20-18-15(17(23)21-19(24)27-3)13-5-4-6-14(13)28-18/h7-9H,4-6H2,1-3H3,(H,20,22)(H,21,23,24). The van der Waals surface area contributed by atoms with Crippen LogP contribution in [-0.4, -0.2) is 39.2 Å². The number of aryl methyl sites for hydroxylation is 1. The SMILES string of the molecule is COC(=O)NC(=O)c1c(NC(=O)c2cc(OC)cc(OC)c2)sc2c1CCC2. The molecule has 0 radical (unpaired) electrons. The second kappa shape index (κ2) is 8.30. The Labute approximate surface area is 165 Å². The maximum absolute atomic E-state index is 12.8. The number of nitrogens with one attached hydrogen (secondary N) is 2. The number of imide groups is 1. The average molecular weight is 404 g/mol.